The molecule has 0 radical (unpaired) electrons. The van der Waals surface area contributed by atoms with Crippen LogP contribution in [-0.2, 0) is 0 Å². The summed E-state index contributed by atoms with van der Waals surface area (Å²) in [4.78, 5) is 23.1. The van der Waals surface area contributed by atoms with E-state index in [2.05, 4.69) is 116 Å². The lowest BCUT2D eigenvalue weighted by molar-refractivity contribution is 0.313. The summed E-state index contributed by atoms with van der Waals surface area (Å²) in [6.45, 7) is 8.62. The zero-order valence-corrected chi connectivity index (χ0v) is 25.1. The van der Waals surface area contributed by atoms with Gasteiger partial charge in [-0.15, -0.1) is 0 Å². The number of benzene rings is 3. The fraction of sp³-hybridized carbons (Fsp3) is 0.278. The largest absolute Gasteiger partial charge is 0.369 e. The summed E-state index contributed by atoms with van der Waals surface area (Å²) < 4.78 is 0. The molecule has 0 saturated carbocycles. The Kier molecular flexibility index (Phi) is 7.66. The Hall–Kier alpha value is -4.46. The first-order chi connectivity index (χ1) is 21.1. The van der Waals surface area contributed by atoms with Crippen molar-refractivity contribution < 1.29 is 0 Å². The van der Waals surface area contributed by atoms with Crippen molar-refractivity contribution in [3.8, 4) is 45.2 Å². The van der Waals surface area contributed by atoms with Gasteiger partial charge in [0.2, 0.25) is 0 Å². The smallest absolute Gasteiger partial charge is 0.138 e. The van der Waals surface area contributed by atoms with E-state index in [-0.39, 0.29) is 0 Å². The zero-order valence-electron chi connectivity index (χ0n) is 25.1. The van der Waals surface area contributed by atoms with Gasteiger partial charge in [-0.1, -0.05) is 54.6 Å². The minimum atomic E-state index is 0.865. The first kappa shape index (κ1) is 27.4. The Balaban J connectivity index is 1.21. The minimum absolute atomic E-state index is 0.865. The van der Waals surface area contributed by atoms with Crippen LogP contribution in [-0.4, -0.2) is 91.2 Å². The van der Waals surface area contributed by atoms with Crippen LogP contribution in [0.4, 0.5) is 11.4 Å². The van der Waals surface area contributed by atoms with Gasteiger partial charge in [-0.25, -0.2) is 4.98 Å². The standard InChI is InChI=1S/C36H39N7/c1-40-19-23-42(24-20-40)31-14-10-28(11-15-31)34-35(29-12-16-32(17-13-29)43-25-21-41(2)22-26-43)39-36(38-34)30-8-6-27(7-9-30)33-5-3-4-18-37-33/h3-18H,19-26H2,1-2H3,(H,38,39). The Morgan fingerprint density at radius 1 is 0.535 bits per heavy atom. The maximum absolute atomic E-state index is 5.19. The van der Waals surface area contributed by atoms with Gasteiger partial charge in [0.1, 0.15) is 5.82 Å². The van der Waals surface area contributed by atoms with E-state index in [9.17, 15) is 0 Å². The lowest BCUT2D eigenvalue weighted by Gasteiger charge is -2.34. The van der Waals surface area contributed by atoms with Crippen LogP contribution in [0.1, 0.15) is 0 Å². The summed E-state index contributed by atoms with van der Waals surface area (Å²) in [6.07, 6.45) is 1.83. The minimum Gasteiger partial charge on any atom is -0.369 e. The van der Waals surface area contributed by atoms with Gasteiger partial charge in [0.15, 0.2) is 0 Å². The second kappa shape index (κ2) is 12.0. The molecule has 4 heterocycles. The fourth-order valence-electron chi connectivity index (χ4n) is 6.06. The number of piperazine rings is 2. The van der Waals surface area contributed by atoms with Crippen molar-refractivity contribution in [2.45, 2.75) is 0 Å². The molecule has 2 aliphatic heterocycles. The molecule has 7 heteroatoms. The molecule has 7 rings (SSSR count). The molecule has 0 bridgehead atoms. The predicted octanol–water partition coefficient (Wildman–Crippen LogP) is 5.98. The second-order valence-corrected chi connectivity index (χ2v) is 11.8. The number of aromatic nitrogens is 3. The SMILES string of the molecule is CN1CCN(c2ccc(-c3nc(-c4ccc(-c5ccccn5)cc4)[nH]c3-c3ccc(N4CCN(C)CC4)cc3)cc2)CC1. The van der Waals surface area contributed by atoms with Gasteiger partial charge in [0.05, 0.1) is 17.1 Å². The number of nitrogens with zero attached hydrogens (tertiary/aromatic N) is 6. The van der Waals surface area contributed by atoms with E-state index < -0.39 is 0 Å². The first-order valence-electron chi connectivity index (χ1n) is 15.3. The topological polar surface area (TPSA) is 54.5 Å². The molecule has 2 fully saturated rings. The highest BCUT2D eigenvalue weighted by atomic mass is 15.3. The van der Waals surface area contributed by atoms with Gasteiger partial charge in [-0.2, -0.15) is 0 Å². The highest BCUT2D eigenvalue weighted by Gasteiger charge is 2.19. The number of anilines is 2. The van der Waals surface area contributed by atoms with E-state index in [1.165, 1.54) is 11.4 Å². The van der Waals surface area contributed by atoms with Crippen LogP contribution in [0.5, 0.6) is 0 Å². The number of imidazole rings is 1. The maximum Gasteiger partial charge on any atom is 0.138 e. The summed E-state index contributed by atoms with van der Waals surface area (Å²) in [5, 5.41) is 0. The number of rotatable bonds is 6. The molecule has 43 heavy (non-hydrogen) atoms. The molecule has 2 saturated heterocycles. The lowest BCUT2D eigenvalue weighted by Crippen LogP contribution is -2.44. The summed E-state index contributed by atoms with van der Waals surface area (Å²) in [5.74, 6) is 0.865. The summed E-state index contributed by atoms with van der Waals surface area (Å²) in [7, 11) is 4.39. The van der Waals surface area contributed by atoms with Gasteiger partial charge in [-0.3, -0.25) is 4.98 Å². The zero-order chi connectivity index (χ0) is 29.2. The Morgan fingerprint density at radius 3 is 1.58 bits per heavy atom. The highest BCUT2D eigenvalue weighted by molar-refractivity contribution is 5.82. The van der Waals surface area contributed by atoms with Crippen LogP contribution in [0.25, 0.3) is 45.2 Å². The summed E-state index contributed by atoms with van der Waals surface area (Å²) in [6, 6.07) is 32.4. The van der Waals surface area contributed by atoms with Crippen LogP contribution in [0, 0.1) is 0 Å². The molecule has 0 aliphatic carbocycles. The molecule has 7 nitrogen and oxygen atoms in total. The van der Waals surface area contributed by atoms with E-state index in [1.807, 2.05) is 24.4 Å². The predicted molar refractivity (Wildman–Crippen MR) is 178 cm³/mol. The van der Waals surface area contributed by atoms with Crippen molar-refractivity contribution in [1.29, 1.82) is 0 Å². The third kappa shape index (κ3) is 5.91. The highest BCUT2D eigenvalue weighted by Crippen LogP contribution is 2.35. The molecular formula is C36H39N7. The van der Waals surface area contributed by atoms with Gasteiger partial charge in [-0.05, 0) is 50.5 Å². The maximum atomic E-state index is 5.19. The van der Waals surface area contributed by atoms with Crippen molar-refractivity contribution in [1.82, 2.24) is 24.8 Å². The molecule has 1 N–H and O–H groups in total. The fourth-order valence-corrected chi connectivity index (χ4v) is 6.06. The molecule has 2 aliphatic rings. The number of nitrogens with one attached hydrogen (secondary N) is 1. The van der Waals surface area contributed by atoms with Crippen molar-refractivity contribution in [3.05, 3.63) is 97.2 Å². The van der Waals surface area contributed by atoms with Gasteiger partial charge in [0, 0.05) is 92.2 Å². The molecule has 0 amide bonds. The average molecular weight is 570 g/mol. The quantitative estimate of drug-likeness (QED) is 0.272. The van der Waals surface area contributed by atoms with E-state index in [4.69, 9.17) is 4.98 Å². The number of H-pyrrole nitrogens is 1. The molecule has 5 aromatic rings. The number of hydrogen-bond acceptors (Lipinski definition) is 6. The van der Waals surface area contributed by atoms with Crippen LogP contribution in [0.15, 0.2) is 97.2 Å². The van der Waals surface area contributed by atoms with Crippen molar-refractivity contribution >= 4 is 11.4 Å². The summed E-state index contributed by atoms with van der Waals surface area (Å²) >= 11 is 0. The van der Waals surface area contributed by atoms with E-state index in [0.29, 0.717) is 0 Å². The van der Waals surface area contributed by atoms with E-state index in [0.717, 1.165) is 97.5 Å². The second-order valence-electron chi connectivity index (χ2n) is 11.8. The number of likely N-dealkylation sites (N-methyl/N-ethyl adjacent to an activating group) is 2. The molecule has 0 spiro atoms. The van der Waals surface area contributed by atoms with Crippen LogP contribution < -0.4 is 9.80 Å². The normalized spacial score (nSPS) is 16.5. The van der Waals surface area contributed by atoms with E-state index in [1.54, 1.807) is 0 Å². The van der Waals surface area contributed by atoms with Crippen molar-refractivity contribution in [2.75, 3.05) is 76.3 Å². The molecule has 0 atom stereocenters. The molecule has 0 unspecified atom stereocenters. The average Bonchev–Trinajstić information content (AvgIpc) is 3.52. The third-order valence-corrected chi connectivity index (χ3v) is 8.86. The number of pyridine rings is 1. The third-order valence-electron chi connectivity index (χ3n) is 8.86. The van der Waals surface area contributed by atoms with Crippen LogP contribution in [0.3, 0.4) is 0 Å². The van der Waals surface area contributed by atoms with Gasteiger partial charge < -0.3 is 24.6 Å². The molecule has 3 aromatic carbocycles. The summed E-state index contributed by atoms with van der Waals surface area (Å²) in [5.41, 5.74) is 9.93. The van der Waals surface area contributed by atoms with Gasteiger partial charge >= 0.3 is 0 Å². The number of aromatic amines is 1. The van der Waals surface area contributed by atoms with Crippen LogP contribution in [0.2, 0.25) is 0 Å². The van der Waals surface area contributed by atoms with E-state index >= 15 is 0 Å². The Bertz CT molecular complexity index is 1540. The van der Waals surface area contributed by atoms with Gasteiger partial charge in [0.25, 0.3) is 0 Å². The Morgan fingerprint density at radius 2 is 1.05 bits per heavy atom. The van der Waals surface area contributed by atoms with Crippen LogP contribution >= 0.6 is 0 Å². The number of hydrogen-bond donors (Lipinski definition) is 1. The molecular weight excluding hydrogens is 530 g/mol. The molecule has 2 aromatic heterocycles. The lowest BCUT2D eigenvalue weighted by atomic mass is 10.0. The Labute approximate surface area is 254 Å². The first-order valence-corrected chi connectivity index (χ1v) is 15.3. The van der Waals surface area contributed by atoms with Crippen molar-refractivity contribution in [3.63, 3.8) is 0 Å². The monoisotopic (exact) mass is 569 g/mol. The molecule has 218 valence electrons. The van der Waals surface area contributed by atoms with Crippen molar-refractivity contribution in [2.24, 2.45) is 0 Å².